The highest BCUT2D eigenvalue weighted by atomic mass is 32.2. The minimum atomic E-state index is -3.50. The van der Waals surface area contributed by atoms with Crippen molar-refractivity contribution in [2.24, 2.45) is 0 Å². The highest BCUT2D eigenvalue weighted by Crippen LogP contribution is 2.44. The number of hydrogen-bond acceptors (Lipinski definition) is 8. The molecular weight excluding hydrogens is 518 g/mol. The van der Waals surface area contributed by atoms with E-state index in [0.717, 1.165) is 40.7 Å². The van der Waals surface area contributed by atoms with Crippen molar-refractivity contribution in [3.8, 4) is 11.3 Å². The molecule has 1 saturated carbocycles. The third kappa shape index (κ3) is 4.70. The smallest absolute Gasteiger partial charge is 0.251 e. The van der Waals surface area contributed by atoms with Crippen LogP contribution in [0.3, 0.4) is 0 Å². The lowest BCUT2D eigenvalue weighted by Crippen LogP contribution is -2.30. The van der Waals surface area contributed by atoms with Gasteiger partial charge in [-0.05, 0) is 48.7 Å². The monoisotopic (exact) mass is 545 g/mol. The van der Waals surface area contributed by atoms with Gasteiger partial charge in [0.05, 0.1) is 72.3 Å². The lowest BCUT2D eigenvalue weighted by molar-refractivity contribution is -0.0287. The van der Waals surface area contributed by atoms with Crippen molar-refractivity contribution in [2.75, 3.05) is 25.6 Å². The molecule has 2 fully saturated rings. The Labute approximate surface area is 225 Å². The molecule has 7 rings (SSSR count). The predicted molar refractivity (Wildman–Crippen MR) is 142 cm³/mol. The number of sulfone groups is 1. The van der Waals surface area contributed by atoms with Gasteiger partial charge in [0.25, 0.3) is 5.91 Å². The van der Waals surface area contributed by atoms with Gasteiger partial charge >= 0.3 is 0 Å². The van der Waals surface area contributed by atoms with Crippen molar-refractivity contribution in [2.45, 2.75) is 42.8 Å². The summed E-state index contributed by atoms with van der Waals surface area (Å²) in [5.74, 6) is 0.0145. The first-order chi connectivity index (χ1) is 18.9. The number of hydrogen-bond donors (Lipinski definition) is 1. The number of ether oxygens (including phenoxy) is 2. The van der Waals surface area contributed by atoms with E-state index in [2.05, 4.69) is 16.5 Å². The van der Waals surface area contributed by atoms with Crippen molar-refractivity contribution in [3.63, 3.8) is 0 Å². The Bertz CT molecular complexity index is 1710. The molecule has 3 aromatic heterocycles. The molecule has 10 nitrogen and oxygen atoms in total. The van der Waals surface area contributed by atoms with E-state index in [1.165, 1.54) is 6.07 Å². The molecular formula is C28H27N5O5S. The normalized spacial score (nSPS) is 18.8. The number of nitrogens with zero attached hydrogens (tertiary/aromatic N) is 4. The topological polar surface area (TPSA) is 125 Å². The Hall–Kier alpha value is -3.67. The summed E-state index contributed by atoms with van der Waals surface area (Å²) >= 11 is 0. The average molecular weight is 546 g/mol. The van der Waals surface area contributed by atoms with E-state index in [1.807, 2.05) is 22.9 Å². The van der Waals surface area contributed by atoms with Crippen LogP contribution in [0.4, 0.5) is 0 Å². The summed E-state index contributed by atoms with van der Waals surface area (Å²) in [5, 5.41) is 8.64. The zero-order chi connectivity index (χ0) is 26.6. The highest BCUT2D eigenvalue weighted by molar-refractivity contribution is 7.91. The average Bonchev–Trinajstić information content (AvgIpc) is 3.69. The third-order valence-corrected chi connectivity index (χ3v) is 9.23. The van der Waals surface area contributed by atoms with Crippen LogP contribution in [-0.4, -0.2) is 59.6 Å². The summed E-state index contributed by atoms with van der Waals surface area (Å²) < 4.78 is 37.9. The number of nitrogens with one attached hydrogen (secondary N) is 1. The first-order valence-corrected chi connectivity index (χ1v) is 14.7. The fourth-order valence-corrected chi connectivity index (χ4v) is 6.36. The van der Waals surface area contributed by atoms with E-state index in [0.29, 0.717) is 30.4 Å². The fraction of sp³-hybridized carbons (Fsp3) is 0.357. The predicted octanol–water partition coefficient (Wildman–Crippen LogP) is 3.18. The zero-order valence-corrected chi connectivity index (χ0v) is 22.0. The van der Waals surface area contributed by atoms with Gasteiger partial charge in [0, 0.05) is 34.8 Å². The number of carbonyl (C=O) groups is 1. The van der Waals surface area contributed by atoms with E-state index < -0.39 is 9.84 Å². The first kappa shape index (κ1) is 24.4. The molecule has 1 amide bonds. The Kier molecular flexibility index (Phi) is 5.94. The first-order valence-electron chi connectivity index (χ1n) is 13.1. The van der Waals surface area contributed by atoms with Gasteiger partial charge in [-0.1, -0.05) is 6.07 Å². The van der Waals surface area contributed by atoms with Crippen molar-refractivity contribution < 1.29 is 22.7 Å². The summed E-state index contributed by atoms with van der Waals surface area (Å²) in [6, 6.07) is 10.9. The Morgan fingerprint density at radius 3 is 2.77 bits per heavy atom. The SMILES string of the molecule is O=C(NCc1cc2nc(-c3cn(C4COC4)nc3C3CC3)ccc2cn1)c1ccc2c(c1)S(=O)(=O)CCOC2. The van der Waals surface area contributed by atoms with Crippen LogP contribution in [0.2, 0.25) is 0 Å². The van der Waals surface area contributed by atoms with E-state index in [1.54, 1.807) is 18.3 Å². The van der Waals surface area contributed by atoms with Gasteiger partial charge in [-0.15, -0.1) is 0 Å². The van der Waals surface area contributed by atoms with Crippen LogP contribution in [0, 0.1) is 0 Å². The van der Waals surface area contributed by atoms with Crippen molar-refractivity contribution in [1.29, 1.82) is 0 Å². The molecule has 0 spiro atoms. The van der Waals surface area contributed by atoms with Gasteiger partial charge in [-0.2, -0.15) is 5.10 Å². The van der Waals surface area contributed by atoms with Crippen LogP contribution in [-0.2, 0) is 32.5 Å². The summed E-state index contributed by atoms with van der Waals surface area (Å²) in [7, 11) is -3.50. The molecule has 1 N–H and O–H groups in total. The molecule has 0 atom stereocenters. The molecule has 0 unspecified atom stereocenters. The van der Waals surface area contributed by atoms with Gasteiger partial charge < -0.3 is 14.8 Å². The number of aromatic nitrogens is 4. The van der Waals surface area contributed by atoms with E-state index in [-0.39, 0.29) is 47.9 Å². The molecule has 39 heavy (non-hydrogen) atoms. The van der Waals surface area contributed by atoms with Crippen molar-refractivity contribution in [3.05, 3.63) is 71.3 Å². The standard InChI is InChI=1S/C28H27N5O5S/c34-28(18-3-4-20-14-37-7-8-39(35,36)26(20)9-18)30-12-21-10-25-19(11-29-21)5-6-24(31-25)23-13-33(22-15-38-16-22)32-27(23)17-1-2-17/h3-6,9-11,13,17,22H,1-2,7-8,12,14-16H2,(H,30,34). The van der Waals surface area contributed by atoms with Crippen LogP contribution >= 0.6 is 0 Å². The molecule has 4 aromatic rings. The second-order valence-corrected chi connectivity index (χ2v) is 12.4. The van der Waals surface area contributed by atoms with Crippen LogP contribution < -0.4 is 5.32 Å². The summed E-state index contributed by atoms with van der Waals surface area (Å²) in [6.07, 6.45) is 6.14. The number of pyridine rings is 2. The minimum absolute atomic E-state index is 0.0982. The number of fused-ring (bicyclic) bond motifs is 2. The van der Waals surface area contributed by atoms with Crippen molar-refractivity contribution >= 4 is 26.6 Å². The summed E-state index contributed by atoms with van der Waals surface area (Å²) in [5.41, 5.74) is 5.31. The maximum absolute atomic E-state index is 12.9. The van der Waals surface area contributed by atoms with Gasteiger partial charge in [0.15, 0.2) is 9.84 Å². The Morgan fingerprint density at radius 1 is 1.10 bits per heavy atom. The van der Waals surface area contributed by atoms with Gasteiger partial charge in [0.2, 0.25) is 0 Å². The van der Waals surface area contributed by atoms with Crippen LogP contribution in [0.15, 0.2) is 53.7 Å². The largest absolute Gasteiger partial charge is 0.377 e. The summed E-state index contributed by atoms with van der Waals surface area (Å²) in [6.45, 7) is 1.91. The highest BCUT2D eigenvalue weighted by Gasteiger charge is 2.32. The lowest BCUT2D eigenvalue weighted by Gasteiger charge is -2.26. The Morgan fingerprint density at radius 2 is 1.97 bits per heavy atom. The molecule has 0 radical (unpaired) electrons. The molecule has 1 aliphatic carbocycles. The molecule has 1 aromatic carbocycles. The number of rotatable bonds is 6. The maximum Gasteiger partial charge on any atom is 0.251 e. The Balaban J connectivity index is 1.12. The lowest BCUT2D eigenvalue weighted by atomic mass is 10.1. The number of amides is 1. The second-order valence-electron chi connectivity index (χ2n) is 10.3. The van der Waals surface area contributed by atoms with E-state index in [9.17, 15) is 13.2 Å². The van der Waals surface area contributed by atoms with E-state index >= 15 is 0 Å². The molecule has 0 bridgehead atoms. The van der Waals surface area contributed by atoms with Crippen LogP contribution in [0.1, 0.15) is 52.1 Å². The molecule has 1 saturated heterocycles. The molecule has 5 heterocycles. The maximum atomic E-state index is 12.9. The van der Waals surface area contributed by atoms with Gasteiger partial charge in [0.1, 0.15) is 0 Å². The quantitative estimate of drug-likeness (QED) is 0.392. The minimum Gasteiger partial charge on any atom is -0.377 e. The number of benzene rings is 1. The fourth-order valence-electron chi connectivity index (χ4n) is 4.97. The zero-order valence-electron chi connectivity index (χ0n) is 21.2. The molecule has 200 valence electrons. The molecule has 2 aliphatic heterocycles. The summed E-state index contributed by atoms with van der Waals surface area (Å²) in [4.78, 5) is 22.5. The van der Waals surface area contributed by atoms with Crippen molar-refractivity contribution in [1.82, 2.24) is 25.1 Å². The third-order valence-electron chi connectivity index (χ3n) is 7.47. The van der Waals surface area contributed by atoms with E-state index in [4.69, 9.17) is 19.6 Å². The molecule has 3 aliphatic rings. The van der Waals surface area contributed by atoms with Gasteiger partial charge in [-0.3, -0.25) is 14.5 Å². The molecule has 11 heteroatoms. The van der Waals surface area contributed by atoms with Crippen LogP contribution in [0.5, 0.6) is 0 Å². The second kappa shape index (κ2) is 9.51. The number of carbonyl (C=O) groups excluding carboxylic acids is 1. The van der Waals surface area contributed by atoms with Gasteiger partial charge in [-0.25, -0.2) is 13.4 Å². The van der Waals surface area contributed by atoms with Crippen LogP contribution in [0.25, 0.3) is 22.2 Å².